The summed E-state index contributed by atoms with van der Waals surface area (Å²) in [5, 5.41) is 20.9. The first-order valence-corrected chi connectivity index (χ1v) is 10.6. The molecule has 1 heterocycles. The number of likely N-dealkylation sites (N-methyl/N-ethyl adjacent to an activating group) is 1. The van der Waals surface area contributed by atoms with Crippen LogP contribution >= 0.6 is 0 Å². The van der Waals surface area contributed by atoms with Gasteiger partial charge in [-0.25, -0.2) is 8.42 Å². The van der Waals surface area contributed by atoms with E-state index in [1.807, 2.05) is 7.05 Å². The highest BCUT2D eigenvalue weighted by Gasteiger charge is 2.24. The summed E-state index contributed by atoms with van der Waals surface area (Å²) >= 11 is 0. The zero-order valence-electron chi connectivity index (χ0n) is 15.1. The molecule has 0 aliphatic carbocycles. The summed E-state index contributed by atoms with van der Waals surface area (Å²) in [5.41, 5.74) is 0. The van der Waals surface area contributed by atoms with Gasteiger partial charge < -0.3 is 4.90 Å². The van der Waals surface area contributed by atoms with Crippen LogP contribution in [0, 0.1) is 0 Å². The SMILES string of the molecule is CCCCCN(O)N(O)CCCCCS(=O)(=O)N1CCN(C)CC1. The fraction of sp³-hybridized carbons (Fsp3) is 1.00. The highest BCUT2D eigenvalue weighted by Crippen LogP contribution is 2.10. The third kappa shape index (κ3) is 8.19. The van der Waals surface area contributed by atoms with Gasteiger partial charge in [-0.1, -0.05) is 26.2 Å². The Kier molecular flexibility index (Phi) is 10.3. The van der Waals surface area contributed by atoms with Gasteiger partial charge in [-0.05, 0) is 26.3 Å². The van der Waals surface area contributed by atoms with Crippen LogP contribution in [0.3, 0.4) is 0 Å². The Bertz CT molecular complexity index is 427. The predicted octanol–water partition coefficient (Wildman–Crippen LogP) is 1.22. The number of hydrogen-bond donors (Lipinski definition) is 2. The van der Waals surface area contributed by atoms with E-state index in [1.165, 1.54) is 0 Å². The van der Waals surface area contributed by atoms with E-state index in [0.29, 0.717) is 45.4 Å². The van der Waals surface area contributed by atoms with Crippen LogP contribution in [-0.4, -0.2) is 90.5 Å². The Balaban J connectivity index is 2.14. The Hall–Kier alpha value is -0.290. The number of piperazine rings is 1. The van der Waals surface area contributed by atoms with Crippen molar-refractivity contribution in [2.45, 2.75) is 45.4 Å². The molecular formula is C15H34N4O4S. The standard InChI is InChI=1S/C15H34N4O4S/c1-3-4-6-9-18(20)19(21)10-7-5-8-15-24(22,23)17-13-11-16(2)12-14-17/h20-21H,3-15H2,1-2H3. The predicted molar refractivity (Wildman–Crippen MR) is 93.2 cm³/mol. The molecule has 0 bridgehead atoms. The van der Waals surface area contributed by atoms with Gasteiger partial charge in [-0.3, -0.25) is 10.4 Å². The molecule has 2 N–H and O–H groups in total. The lowest BCUT2D eigenvalue weighted by atomic mass is 10.2. The van der Waals surface area contributed by atoms with E-state index in [9.17, 15) is 18.8 Å². The van der Waals surface area contributed by atoms with Crippen LogP contribution in [0.2, 0.25) is 0 Å². The van der Waals surface area contributed by atoms with Crippen molar-refractivity contribution in [1.29, 1.82) is 0 Å². The topological polar surface area (TPSA) is 87.6 Å². The maximum absolute atomic E-state index is 12.2. The molecule has 1 rings (SSSR count). The molecule has 1 aliphatic heterocycles. The summed E-state index contributed by atoms with van der Waals surface area (Å²) in [4.78, 5) is 2.13. The van der Waals surface area contributed by atoms with Crippen LogP contribution in [0.1, 0.15) is 45.4 Å². The van der Waals surface area contributed by atoms with Gasteiger partial charge in [0.05, 0.1) is 5.75 Å². The Morgan fingerprint density at radius 3 is 1.96 bits per heavy atom. The molecule has 144 valence electrons. The lowest BCUT2D eigenvalue weighted by Crippen LogP contribution is -2.47. The zero-order valence-corrected chi connectivity index (χ0v) is 15.9. The van der Waals surface area contributed by atoms with Crippen molar-refractivity contribution in [1.82, 2.24) is 19.5 Å². The maximum atomic E-state index is 12.2. The van der Waals surface area contributed by atoms with E-state index in [2.05, 4.69) is 11.8 Å². The summed E-state index contributed by atoms with van der Waals surface area (Å²) in [6, 6.07) is 0. The molecular weight excluding hydrogens is 332 g/mol. The van der Waals surface area contributed by atoms with Crippen molar-refractivity contribution in [3.63, 3.8) is 0 Å². The molecule has 0 aromatic carbocycles. The lowest BCUT2D eigenvalue weighted by molar-refractivity contribution is -0.367. The van der Waals surface area contributed by atoms with Crippen LogP contribution in [-0.2, 0) is 10.0 Å². The van der Waals surface area contributed by atoms with Crippen molar-refractivity contribution < 1.29 is 18.8 Å². The van der Waals surface area contributed by atoms with Crippen molar-refractivity contribution in [3.05, 3.63) is 0 Å². The van der Waals surface area contributed by atoms with Gasteiger partial charge in [0, 0.05) is 39.3 Å². The van der Waals surface area contributed by atoms with Crippen LogP contribution < -0.4 is 0 Å². The van der Waals surface area contributed by atoms with Gasteiger partial charge in [0.15, 0.2) is 0 Å². The van der Waals surface area contributed by atoms with E-state index in [1.54, 1.807) is 4.31 Å². The van der Waals surface area contributed by atoms with E-state index in [-0.39, 0.29) is 5.75 Å². The zero-order chi connectivity index (χ0) is 18.0. The van der Waals surface area contributed by atoms with Crippen LogP contribution in [0.5, 0.6) is 0 Å². The van der Waals surface area contributed by atoms with Crippen LogP contribution in [0.15, 0.2) is 0 Å². The molecule has 0 aromatic rings. The van der Waals surface area contributed by atoms with Gasteiger partial charge in [0.2, 0.25) is 10.0 Å². The third-order valence-corrected chi connectivity index (χ3v) is 6.30. The summed E-state index contributed by atoms with van der Waals surface area (Å²) in [6.45, 7) is 5.49. The number of hydroxylamine groups is 2. The largest absolute Gasteiger partial charge is 0.304 e. The fourth-order valence-electron chi connectivity index (χ4n) is 2.64. The molecule has 1 saturated heterocycles. The smallest absolute Gasteiger partial charge is 0.214 e. The van der Waals surface area contributed by atoms with Gasteiger partial charge in [0.1, 0.15) is 0 Å². The second-order valence-corrected chi connectivity index (χ2v) is 8.57. The molecule has 8 nitrogen and oxygen atoms in total. The van der Waals surface area contributed by atoms with Crippen molar-refractivity contribution in [3.8, 4) is 0 Å². The molecule has 0 unspecified atom stereocenters. The van der Waals surface area contributed by atoms with Gasteiger partial charge in [-0.2, -0.15) is 4.31 Å². The van der Waals surface area contributed by atoms with E-state index >= 15 is 0 Å². The maximum Gasteiger partial charge on any atom is 0.214 e. The van der Waals surface area contributed by atoms with Gasteiger partial charge >= 0.3 is 0 Å². The minimum Gasteiger partial charge on any atom is -0.304 e. The second-order valence-electron chi connectivity index (χ2n) is 6.48. The van der Waals surface area contributed by atoms with Crippen LogP contribution in [0.4, 0.5) is 0 Å². The first-order chi connectivity index (χ1) is 11.4. The van der Waals surface area contributed by atoms with Crippen LogP contribution in [0.25, 0.3) is 0 Å². The average Bonchev–Trinajstić information content (AvgIpc) is 2.54. The lowest BCUT2D eigenvalue weighted by Gasteiger charge is -2.31. The number of hydrazine groups is 1. The van der Waals surface area contributed by atoms with Gasteiger partial charge in [0.25, 0.3) is 0 Å². The molecule has 1 fully saturated rings. The Morgan fingerprint density at radius 2 is 1.42 bits per heavy atom. The van der Waals surface area contributed by atoms with Gasteiger partial charge in [-0.15, -0.1) is 10.3 Å². The number of hydrogen-bond acceptors (Lipinski definition) is 7. The minimum atomic E-state index is -3.17. The van der Waals surface area contributed by atoms with E-state index < -0.39 is 10.0 Å². The summed E-state index contributed by atoms with van der Waals surface area (Å²) in [7, 11) is -1.17. The highest BCUT2D eigenvalue weighted by molar-refractivity contribution is 7.89. The first-order valence-electron chi connectivity index (χ1n) is 8.96. The first kappa shape index (κ1) is 21.8. The number of sulfonamides is 1. The second kappa shape index (κ2) is 11.3. The molecule has 1 aliphatic rings. The number of rotatable bonds is 12. The molecule has 0 spiro atoms. The fourth-order valence-corrected chi connectivity index (χ4v) is 4.19. The Labute approximate surface area is 146 Å². The summed E-state index contributed by atoms with van der Waals surface area (Å²) in [6.07, 6.45) is 4.81. The van der Waals surface area contributed by atoms with E-state index in [0.717, 1.165) is 42.7 Å². The highest BCUT2D eigenvalue weighted by atomic mass is 32.2. The Morgan fingerprint density at radius 1 is 0.875 bits per heavy atom. The normalized spacial score (nSPS) is 17.9. The molecule has 0 amide bonds. The third-order valence-electron chi connectivity index (χ3n) is 4.34. The minimum absolute atomic E-state index is 0.154. The monoisotopic (exact) mass is 366 g/mol. The molecule has 0 radical (unpaired) electrons. The number of nitrogens with zero attached hydrogens (tertiary/aromatic N) is 4. The summed E-state index contributed by atoms with van der Waals surface area (Å²) < 4.78 is 26.1. The number of unbranched alkanes of at least 4 members (excludes halogenated alkanes) is 4. The van der Waals surface area contributed by atoms with Crippen molar-refractivity contribution in [2.75, 3.05) is 52.1 Å². The molecule has 24 heavy (non-hydrogen) atoms. The molecule has 0 atom stereocenters. The quantitative estimate of drug-likeness (QED) is 0.397. The molecule has 0 aromatic heterocycles. The molecule has 9 heteroatoms. The van der Waals surface area contributed by atoms with E-state index in [4.69, 9.17) is 0 Å². The molecule has 0 saturated carbocycles. The summed E-state index contributed by atoms with van der Waals surface area (Å²) in [5.74, 6) is 0.154. The van der Waals surface area contributed by atoms with Crippen molar-refractivity contribution >= 4 is 10.0 Å². The average molecular weight is 367 g/mol. The van der Waals surface area contributed by atoms with Crippen molar-refractivity contribution in [2.24, 2.45) is 0 Å².